The first-order valence-electron chi connectivity index (χ1n) is 9.61. The molecule has 0 aliphatic carbocycles. The van der Waals surface area contributed by atoms with Gasteiger partial charge in [-0.1, -0.05) is 0 Å². The quantitative estimate of drug-likeness (QED) is 0.0866. The molecular formula is C19H24N4O9S. The largest absolute Gasteiger partial charge is 0.504 e. The summed E-state index contributed by atoms with van der Waals surface area (Å²) in [5, 5.41) is 34.3. The number of carboxylic acids is 1. The Morgan fingerprint density at radius 3 is 2.42 bits per heavy atom. The zero-order chi connectivity index (χ0) is 25.1. The number of carbonyl (C=O) groups is 4. The second-order valence-corrected chi connectivity index (χ2v) is 9.04. The van der Waals surface area contributed by atoms with Crippen molar-refractivity contribution in [3.8, 4) is 11.5 Å². The van der Waals surface area contributed by atoms with E-state index in [1.807, 2.05) is 5.43 Å². The van der Waals surface area contributed by atoms with Gasteiger partial charge in [-0.05, 0) is 39.0 Å². The van der Waals surface area contributed by atoms with E-state index in [2.05, 4.69) is 10.4 Å². The molecule has 180 valence electrons. The maximum atomic E-state index is 12.2. The van der Waals surface area contributed by atoms with E-state index >= 15 is 0 Å². The summed E-state index contributed by atoms with van der Waals surface area (Å²) in [5.41, 5.74) is 2.01. The van der Waals surface area contributed by atoms with Crippen LogP contribution in [0, 0.1) is 0 Å². The number of rotatable bonds is 9. The maximum Gasteiger partial charge on any atom is 0.328 e. The van der Waals surface area contributed by atoms with Gasteiger partial charge in [0.25, 0.3) is 11.8 Å². The minimum Gasteiger partial charge on any atom is -0.504 e. The average Bonchev–Trinajstić information content (AvgIpc) is 2.73. The summed E-state index contributed by atoms with van der Waals surface area (Å²) in [6.07, 6.45) is 0.868. The van der Waals surface area contributed by atoms with E-state index < -0.39 is 69.1 Å². The van der Waals surface area contributed by atoms with Gasteiger partial charge >= 0.3 is 5.97 Å². The molecule has 1 aliphatic heterocycles. The fraction of sp³-hybridized carbons (Fsp3) is 0.421. The Hall–Kier alpha value is -3.52. The van der Waals surface area contributed by atoms with E-state index in [0.29, 0.717) is 0 Å². The van der Waals surface area contributed by atoms with Crippen LogP contribution < -0.4 is 10.7 Å². The van der Waals surface area contributed by atoms with Gasteiger partial charge in [0.2, 0.25) is 5.91 Å². The number of hydrogen-bond acceptors (Lipinski definition) is 8. The molecule has 0 spiro atoms. The average molecular weight is 484 g/mol. The number of benzene rings is 1. The molecule has 1 unspecified atom stereocenters. The summed E-state index contributed by atoms with van der Waals surface area (Å²) in [7, 11) is 0. The molecule has 13 nitrogen and oxygen atoms in total. The number of nitrogens with zero attached hydrogens (tertiary/aromatic N) is 2. The van der Waals surface area contributed by atoms with E-state index in [-0.39, 0.29) is 12.0 Å². The standard InChI is InChI=1S/C19H24N4O9S/c1-9-6-14(26)23(9)15(18(29)30)19(3,33(31)32)8-20-22-16(27)10(2)21-17(28)11-4-5-12(24)13(25)7-11/h4-5,7-10,15,24-25H,6H2,1-3H3,(H,21,28)(H,22,27)(H,29,30)(H,31,32)/b20-8+/t9-,10+,15+,19+/m1/s1. The molecule has 1 saturated heterocycles. The summed E-state index contributed by atoms with van der Waals surface area (Å²) < 4.78 is 19.7. The Balaban J connectivity index is 2.10. The molecule has 33 heavy (non-hydrogen) atoms. The highest BCUT2D eigenvalue weighted by Gasteiger charge is 2.53. The lowest BCUT2D eigenvalue weighted by Gasteiger charge is -2.46. The van der Waals surface area contributed by atoms with Crippen molar-refractivity contribution in [1.82, 2.24) is 15.6 Å². The number of β-lactam (4-membered cyclic amide) rings is 1. The van der Waals surface area contributed by atoms with E-state index in [1.54, 1.807) is 6.92 Å². The maximum absolute atomic E-state index is 12.2. The Bertz CT molecular complexity index is 1030. The third-order valence-electron chi connectivity index (χ3n) is 5.14. The highest BCUT2D eigenvalue weighted by Crippen LogP contribution is 2.30. The summed E-state index contributed by atoms with van der Waals surface area (Å²) in [6, 6.07) is -0.00129. The molecule has 1 aromatic carbocycles. The first kappa shape index (κ1) is 25.7. The number of aromatic hydroxyl groups is 2. The molecule has 6 N–H and O–H groups in total. The normalized spacial score (nSPS) is 20.3. The van der Waals surface area contributed by atoms with Gasteiger partial charge in [-0.2, -0.15) is 5.10 Å². The number of amides is 3. The van der Waals surface area contributed by atoms with Crippen molar-refractivity contribution >= 4 is 41.0 Å². The summed E-state index contributed by atoms with van der Waals surface area (Å²) in [6.45, 7) is 4.01. The van der Waals surface area contributed by atoms with Crippen molar-refractivity contribution in [1.29, 1.82) is 0 Å². The molecule has 0 bridgehead atoms. The number of nitrogens with one attached hydrogen (secondary N) is 2. The predicted molar refractivity (Wildman–Crippen MR) is 115 cm³/mol. The van der Waals surface area contributed by atoms with Gasteiger partial charge in [0.1, 0.15) is 10.8 Å². The number of phenolic OH excluding ortho intramolecular Hbond substituents is 2. The second-order valence-electron chi connectivity index (χ2n) is 7.66. The molecule has 14 heteroatoms. The molecule has 3 amide bonds. The van der Waals surface area contributed by atoms with Crippen molar-refractivity contribution in [2.24, 2.45) is 5.10 Å². The van der Waals surface area contributed by atoms with Gasteiger partial charge < -0.3 is 30.1 Å². The van der Waals surface area contributed by atoms with Crippen molar-refractivity contribution in [2.45, 2.75) is 50.1 Å². The van der Waals surface area contributed by atoms with Gasteiger partial charge in [-0.3, -0.25) is 14.4 Å². The summed E-state index contributed by atoms with van der Waals surface area (Å²) in [4.78, 5) is 49.1. The highest BCUT2D eigenvalue weighted by atomic mass is 32.2. The first-order chi connectivity index (χ1) is 15.3. The van der Waals surface area contributed by atoms with Crippen LogP contribution in [0.5, 0.6) is 11.5 Å². The summed E-state index contributed by atoms with van der Waals surface area (Å²) in [5.74, 6) is -4.55. The number of phenols is 2. The Morgan fingerprint density at radius 2 is 1.94 bits per heavy atom. The minimum atomic E-state index is -2.79. The molecule has 2 rings (SSSR count). The number of likely N-dealkylation sites (tertiary alicyclic amines) is 1. The molecule has 5 atom stereocenters. The molecule has 0 radical (unpaired) electrons. The number of carbonyl (C=O) groups excluding carboxylic acids is 3. The molecular weight excluding hydrogens is 460 g/mol. The van der Waals surface area contributed by atoms with Crippen LogP contribution in [0.1, 0.15) is 37.6 Å². The van der Waals surface area contributed by atoms with E-state index in [1.165, 1.54) is 13.0 Å². The van der Waals surface area contributed by atoms with Crippen molar-refractivity contribution in [2.75, 3.05) is 0 Å². The molecule has 0 aromatic heterocycles. The lowest BCUT2D eigenvalue weighted by Crippen LogP contribution is -2.67. The van der Waals surface area contributed by atoms with Gasteiger partial charge in [-0.25, -0.2) is 14.4 Å². The van der Waals surface area contributed by atoms with E-state index in [0.717, 1.165) is 30.2 Å². The van der Waals surface area contributed by atoms with Crippen molar-refractivity contribution in [3.05, 3.63) is 23.8 Å². The van der Waals surface area contributed by atoms with Crippen LogP contribution in [-0.2, 0) is 25.5 Å². The lowest BCUT2D eigenvalue weighted by atomic mass is 9.92. The SMILES string of the molecule is C[C@H](NC(=O)c1ccc(O)c(O)c1)C(=O)N/N=C/[C@@](C)([C@H](C(=O)O)N1C(=O)C[C@H]1C)S(=O)O. The Labute approximate surface area is 190 Å². The van der Waals surface area contributed by atoms with Crippen LogP contribution in [-0.4, -0.2) is 81.8 Å². The van der Waals surface area contributed by atoms with Gasteiger partial charge in [-0.15, -0.1) is 0 Å². The molecule has 0 saturated carbocycles. The molecule has 1 aromatic rings. The third-order valence-corrected chi connectivity index (χ3v) is 6.22. The van der Waals surface area contributed by atoms with Crippen LogP contribution in [0.15, 0.2) is 23.3 Å². The second kappa shape index (κ2) is 9.95. The zero-order valence-electron chi connectivity index (χ0n) is 17.9. The van der Waals surface area contributed by atoms with Crippen LogP contribution >= 0.6 is 0 Å². The fourth-order valence-electron chi connectivity index (χ4n) is 3.17. The Kier molecular flexibility index (Phi) is 7.76. The first-order valence-corrected chi connectivity index (χ1v) is 10.7. The van der Waals surface area contributed by atoms with Crippen LogP contribution in [0.2, 0.25) is 0 Å². The topological polar surface area (TPSA) is 206 Å². The van der Waals surface area contributed by atoms with Crippen molar-refractivity contribution in [3.63, 3.8) is 0 Å². The number of hydrogen-bond donors (Lipinski definition) is 6. The van der Waals surface area contributed by atoms with Crippen molar-refractivity contribution < 1.29 is 43.3 Å². The third kappa shape index (κ3) is 5.46. The van der Waals surface area contributed by atoms with Gasteiger partial charge in [0, 0.05) is 24.2 Å². The molecule has 1 aliphatic rings. The number of hydrazone groups is 1. The summed E-state index contributed by atoms with van der Waals surface area (Å²) >= 11 is -2.79. The van der Waals surface area contributed by atoms with Crippen LogP contribution in [0.3, 0.4) is 0 Å². The number of aliphatic carboxylic acids is 1. The smallest absolute Gasteiger partial charge is 0.328 e. The van der Waals surface area contributed by atoms with Gasteiger partial charge in [0.05, 0.1) is 0 Å². The van der Waals surface area contributed by atoms with Gasteiger partial charge in [0.15, 0.2) is 28.6 Å². The predicted octanol–water partition coefficient (Wildman–Crippen LogP) is -0.627. The zero-order valence-corrected chi connectivity index (χ0v) is 18.7. The molecule has 1 heterocycles. The highest BCUT2D eigenvalue weighted by molar-refractivity contribution is 7.81. The minimum absolute atomic E-state index is 0.0330. The van der Waals surface area contributed by atoms with E-state index in [4.69, 9.17) is 0 Å². The fourth-order valence-corrected chi connectivity index (χ4v) is 3.72. The Morgan fingerprint density at radius 1 is 1.30 bits per heavy atom. The lowest BCUT2D eigenvalue weighted by molar-refractivity contribution is -0.161. The molecule has 1 fully saturated rings. The van der Waals surface area contributed by atoms with E-state index in [9.17, 15) is 43.3 Å². The monoisotopic (exact) mass is 484 g/mol. The van der Waals surface area contributed by atoms with Crippen LogP contribution in [0.4, 0.5) is 0 Å². The van der Waals surface area contributed by atoms with Crippen LogP contribution in [0.25, 0.3) is 0 Å². The number of carboxylic acid groups (broad SMARTS) is 1.